The van der Waals surface area contributed by atoms with Gasteiger partial charge < -0.3 is 15.5 Å². The first kappa shape index (κ1) is 16.8. The lowest BCUT2D eigenvalue weighted by atomic mass is 9.75. The average molecular weight is 350 g/mol. The predicted octanol–water partition coefficient (Wildman–Crippen LogP) is 1.95. The summed E-state index contributed by atoms with van der Waals surface area (Å²) in [4.78, 5) is 12.4. The van der Waals surface area contributed by atoms with E-state index < -0.39 is 0 Å². The Bertz CT molecular complexity index is 740. The quantitative estimate of drug-likeness (QED) is 0.770. The highest BCUT2D eigenvalue weighted by molar-refractivity contribution is 6.32. The Hall–Kier alpha value is -2.05. The lowest BCUT2D eigenvalue weighted by Crippen LogP contribution is -2.41. The molecule has 0 saturated heterocycles. The number of nitrogens with zero attached hydrogens (tertiary/aromatic N) is 2. The molecule has 0 spiro atoms. The zero-order valence-electron chi connectivity index (χ0n) is 13.3. The van der Waals surface area contributed by atoms with Gasteiger partial charge in [0.2, 0.25) is 5.91 Å². The maximum Gasteiger partial charge on any atom is 0.224 e. The van der Waals surface area contributed by atoms with Crippen LogP contribution in [0.1, 0.15) is 30.0 Å². The minimum atomic E-state index is -0.290. The molecule has 24 heavy (non-hydrogen) atoms. The van der Waals surface area contributed by atoms with Gasteiger partial charge in [0.25, 0.3) is 0 Å². The first-order valence-corrected chi connectivity index (χ1v) is 8.23. The van der Waals surface area contributed by atoms with Gasteiger partial charge in [-0.25, -0.2) is 0 Å². The van der Waals surface area contributed by atoms with Crippen molar-refractivity contribution in [2.75, 3.05) is 0 Å². The van der Waals surface area contributed by atoms with E-state index in [1.165, 1.54) is 6.07 Å². The van der Waals surface area contributed by atoms with E-state index in [4.69, 9.17) is 11.6 Å². The smallest absolute Gasteiger partial charge is 0.224 e. The van der Waals surface area contributed by atoms with Crippen molar-refractivity contribution in [3.05, 3.63) is 46.7 Å². The number of phenols is 1. The Morgan fingerprint density at radius 2 is 2.25 bits per heavy atom. The second-order valence-electron chi connectivity index (χ2n) is 6.34. The van der Waals surface area contributed by atoms with E-state index >= 15 is 0 Å². The van der Waals surface area contributed by atoms with Gasteiger partial charge in [-0.3, -0.25) is 9.48 Å². The standard InChI is InChI=1S/C17H20ClN3O3/c1-21-9-12(8-19-21)17(11-6-13(22)7-11)20-16(24)5-10-2-3-15(23)14(18)4-10/h2-4,8-9,11,13,17,22-23H,5-7H2,1H3,(H,20,24). The maximum absolute atomic E-state index is 12.4. The Kier molecular flexibility index (Phi) is 4.78. The van der Waals surface area contributed by atoms with Crippen molar-refractivity contribution >= 4 is 17.5 Å². The fourth-order valence-electron chi connectivity index (χ4n) is 3.05. The first-order chi connectivity index (χ1) is 11.4. The summed E-state index contributed by atoms with van der Waals surface area (Å²) in [6.07, 6.45) is 4.85. The lowest BCUT2D eigenvalue weighted by molar-refractivity contribution is -0.122. The van der Waals surface area contributed by atoms with Crippen LogP contribution in [0.25, 0.3) is 0 Å². The van der Waals surface area contributed by atoms with Gasteiger partial charge in [0.1, 0.15) is 5.75 Å². The number of aromatic hydroxyl groups is 1. The first-order valence-electron chi connectivity index (χ1n) is 7.85. The van der Waals surface area contributed by atoms with Crippen LogP contribution >= 0.6 is 11.6 Å². The summed E-state index contributed by atoms with van der Waals surface area (Å²) >= 11 is 5.88. The third-order valence-corrected chi connectivity index (χ3v) is 4.70. The van der Waals surface area contributed by atoms with Crippen LogP contribution in [0.4, 0.5) is 0 Å². The summed E-state index contributed by atoms with van der Waals surface area (Å²) in [5.74, 6) is 0.0704. The third-order valence-electron chi connectivity index (χ3n) is 4.40. The molecule has 0 radical (unpaired) electrons. The number of aliphatic hydroxyl groups is 1. The normalized spacial score (nSPS) is 21.1. The van der Waals surface area contributed by atoms with Gasteiger partial charge in [0, 0.05) is 18.8 Å². The number of aromatic nitrogens is 2. The van der Waals surface area contributed by atoms with E-state index in [1.54, 1.807) is 23.0 Å². The number of hydrogen-bond donors (Lipinski definition) is 3. The monoisotopic (exact) mass is 349 g/mol. The van der Waals surface area contributed by atoms with E-state index in [9.17, 15) is 15.0 Å². The molecule has 1 aromatic carbocycles. The number of aryl methyl sites for hydroxylation is 1. The fourth-order valence-corrected chi connectivity index (χ4v) is 3.25. The molecule has 0 aliphatic heterocycles. The number of benzene rings is 1. The predicted molar refractivity (Wildman–Crippen MR) is 89.6 cm³/mol. The SMILES string of the molecule is Cn1cc(C(NC(=O)Cc2ccc(O)c(Cl)c2)C2CC(O)C2)cn1. The molecule has 3 N–H and O–H groups in total. The number of nitrogens with one attached hydrogen (secondary N) is 1. The molecule has 3 rings (SSSR count). The topological polar surface area (TPSA) is 87.4 Å². The van der Waals surface area contributed by atoms with Crippen LogP contribution in [0, 0.1) is 5.92 Å². The van der Waals surface area contributed by atoms with Gasteiger partial charge in [0.05, 0.1) is 29.8 Å². The fraction of sp³-hybridized carbons (Fsp3) is 0.412. The molecule has 1 heterocycles. The van der Waals surface area contributed by atoms with Crippen LogP contribution in [-0.4, -0.2) is 32.0 Å². The van der Waals surface area contributed by atoms with Crippen molar-refractivity contribution < 1.29 is 15.0 Å². The molecule has 1 aromatic heterocycles. The molecule has 2 aromatic rings. The average Bonchev–Trinajstić information content (AvgIpc) is 2.92. The van der Waals surface area contributed by atoms with Crippen LogP contribution in [0.5, 0.6) is 5.75 Å². The van der Waals surface area contributed by atoms with Crippen LogP contribution in [0.3, 0.4) is 0 Å². The number of phenolic OH excluding ortho intramolecular Hbond substituents is 1. The molecule has 1 saturated carbocycles. The van der Waals surface area contributed by atoms with Gasteiger partial charge >= 0.3 is 0 Å². The molecular formula is C17H20ClN3O3. The number of carbonyl (C=O) groups is 1. The summed E-state index contributed by atoms with van der Waals surface area (Å²) in [6.45, 7) is 0. The number of rotatable bonds is 5. The van der Waals surface area contributed by atoms with E-state index in [2.05, 4.69) is 10.4 Å². The van der Waals surface area contributed by atoms with Crippen molar-refractivity contribution in [3.8, 4) is 5.75 Å². The van der Waals surface area contributed by atoms with Crippen LogP contribution in [0.2, 0.25) is 5.02 Å². The van der Waals surface area contributed by atoms with Gasteiger partial charge in [-0.05, 0) is 36.5 Å². The number of aliphatic hydroxyl groups excluding tert-OH is 1. The second kappa shape index (κ2) is 6.83. The minimum absolute atomic E-state index is 0.00230. The summed E-state index contributed by atoms with van der Waals surface area (Å²) in [6, 6.07) is 4.57. The number of amides is 1. The molecular weight excluding hydrogens is 330 g/mol. The molecule has 1 unspecified atom stereocenters. The Morgan fingerprint density at radius 1 is 1.50 bits per heavy atom. The van der Waals surface area contributed by atoms with Gasteiger partial charge in [-0.2, -0.15) is 5.10 Å². The summed E-state index contributed by atoms with van der Waals surface area (Å²) in [5.41, 5.74) is 1.67. The summed E-state index contributed by atoms with van der Waals surface area (Å²) in [7, 11) is 1.83. The van der Waals surface area contributed by atoms with Crippen molar-refractivity contribution in [2.24, 2.45) is 13.0 Å². The highest BCUT2D eigenvalue weighted by atomic mass is 35.5. The summed E-state index contributed by atoms with van der Waals surface area (Å²) < 4.78 is 1.70. The molecule has 7 heteroatoms. The van der Waals surface area contributed by atoms with Crippen molar-refractivity contribution in [1.82, 2.24) is 15.1 Å². The lowest BCUT2D eigenvalue weighted by Gasteiger charge is -2.37. The van der Waals surface area contributed by atoms with Gasteiger partial charge in [-0.1, -0.05) is 17.7 Å². The molecule has 1 atom stereocenters. The Labute approximate surface area is 145 Å². The Balaban J connectivity index is 1.69. The number of hydrogen-bond acceptors (Lipinski definition) is 4. The van der Waals surface area contributed by atoms with E-state index in [0.717, 1.165) is 11.1 Å². The van der Waals surface area contributed by atoms with Crippen LogP contribution < -0.4 is 5.32 Å². The van der Waals surface area contributed by atoms with Crippen molar-refractivity contribution in [3.63, 3.8) is 0 Å². The summed E-state index contributed by atoms with van der Waals surface area (Å²) in [5, 5.41) is 26.5. The molecule has 1 amide bonds. The van der Waals surface area contributed by atoms with Crippen LogP contribution in [-0.2, 0) is 18.3 Å². The number of halogens is 1. The maximum atomic E-state index is 12.4. The minimum Gasteiger partial charge on any atom is -0.506 e. The third kappa shape index (κ3) is 3.71. The van der Waals surface area contributed by atoms with Crippen molar-refractivity contribution in [2.45, 2.75) is 31.4 Å². The van der Waals surface area contributed by atoms with Gasteiger partial charge in [0.15, 0.2) is 0 Å². The largest absolute Gasteiger partial charge is 0.506 e. The zero-order valence-corrected chi connectivity index (χ0v) is 14.1. The van der Waals surface area contributed by atoms with E-state index in [1.807, 2.05) is 13.2 Å². The van der Waals surface area contributed by atoms with Crippen molar-refractivity contribution in [1.29, 1.82) is 0 Å². The second-order valence-corrected chi connectivity index (χ2v) is 6.75. The molecule has 0 bridgehead atoms. The highest BCUT2D eigenvalue weighted by Gasteiger charge is 2.36. The molecule has 6 nitrogen and oxygen atoms in total. The van der Waals surface area contributed by atoms with E-state index in [0.29, 0.717) is 12.8 Å². The molecule has 128 valence electrons. The molecule has 1 fully saturated rings. The Morgan fingerprint density at radius 3 is 2.83 bits per heavy atom. The van der Waals surface area contributed by atoms with Gasteiger partial charge in [-0.15, -0.1) is 0 Å². The van der Waals surface area contributed by atoms with E-state index in [-0.39, 0.29) is 41.2 Å². The number of carbonyl (C=O) groups excluding carboxylic acids is 1. The molecule has 1 aliphatic rings. The van der Waals surface area contributed by atoms with Crippen LogP contribution in [0.15, 0.2) is 30.6 Å². The zero-order chi connectivity index (χ0) is 17.3. The highest BCUT2D eigenvalue weighted by Crippen LogP contribution is 2.38. The molecule has 1 aliphatic carbocycles.